The Morgan fingerprint density at radius 3 is 2.82 bits per heavy atom. The average molecular weight is 484 g/mol. The summed E-state index contributed by atoms with van der Waals surface area (Å²) in [5.74, 6) is -0.287. The monoisotopic (exact) mass is 483 g/mol. The van der Waals surface area contributed by atoms with Crippen LogP contribution < -0.4 is 0 Å². The SMILES string of the molecule is CC(C)OC(=O)N1C(CCOCc2nc(-c3ccc(S(C)(=O)=O)c(F)c3)no2)C2COCC21. The second-order valence-corrected chi connectivity index (χ2v) is 10.4. The molecule has 2 aliphatic rings. The molecule has 180 valence electrons. The molecule has 0 N–H and O–H groups in total. The van der Waals surface area contributed by atoms with Crippen LogP contribution in [-0.4, -0.2) is 73.8 Å². The van der Waals surface area contributed by atoms with E-state index < -0.39 is 20.5 Å². The van der Waals surface area contributed by atoms with Gasteiger partial charge >= 0.3 is 6.09 Å². The van der Waals surface area contributed by atoms with Gasteiger partial charge in [-0.2, -0.15) is 4.98 Å². The van der Waals surface area contributed by atoms with Gasteiger partial charge in [-0.15, -0.1) is 0 Å². The van der Waals surface area contributed by atoms with Gasteiger partial charge in [0, 0.05) is 30.4 Å². The highest BCUT2D eigenvalue weighted by Gasteiger charge is 2.54. The zero-order chi connectivity index (χ0) is 23.8. The molecule has 0 spiro atoms. The van der Waals surface area contributed by atoms with Crippen LogP contribution in [0.3, 0.4) is 0 Å². The smallest absolute Gasteiger partial charge is 0.410 e. The fourth-order valence-electron chi connectivity index (χ4n) is 4.19. The van der Waals surface area contributed by atoms with Crippen LogP contribution in [0.5, 0.6) is 0 Å². The summed E-state index contributed by atoms with van der Waals surface area (Å²) in [6.07, 6.45) is 1.01. The molecule has 2 fully saturated rings. The number of nitrogens with zero attached hydrogens (tertiary/aromatic N) is 3. The maximum atomic E-state index is 14.1. The number of fused-ring (bicyclic) bond motifs is 1. The van der Waals surface area contributed by atoms with Gasteiger partial charge in [-0.05, 0) is 38.5 Å². The van der Waals surface area contributed by atoms with Crippen LogP contribution in [0.4, 0.5) is 9.18 Å². The minimum Gasteiger partial charge on any atom is -0.447 e. The lowest BCUT2D eigenvalue weighted by molar-refractivity contribution is -0.0462. The fourth-order valence-corrected chi connectivity index (χ4v) is 4.91. The van der Waals surface area contributed by atoms with Crippen molar-refractivity contribution in [2.45, 2.75) is 50.0 Å². The molecule has 3 unspecified atom stereocenters. The molecule has 3 atom stereocenters. The normalized spacial score (nSPS) is 22.3. The summed E-state index contributed by atoms with van der Waals surface area (Å²) in [7, 11) is -3.67. The van der Waals surface area contributed by atoms with Crippen molar-refractivity contribution < 1.29 is 36.3 Å². The topological polar surface area (TPSA) is 121 Å². The van der Waals surface area contributed by atoms with Crippen molar-refractivity contribution in [3.8, 4) is 11.4 Å². The summed E-state index contributed by atoms with van der Waals surface area (Å²) in [5.41, 5.74) is 0.288. The summed E-state index contributed by atoms with van der Waals surface area (Å²) in [5, 5.41) is 3.80. The number of carbonyl (C=O) groups excluding carboxylic acids is 1. The zero-order valence-corrected chi connectivity index (χ0v) is 19.4. The molecule has 0 radical (unpaired) electrons. The Labute approximate surface area is 190 Å². The highest BCUT2D eigenvalue weighted by atomic mass is 32.2. The number of benzene rings is 1. The Kier molecular flexibility index (Phi) is 6.68. The summed E-state index contributed by atoms with van der Waals surface area (Å²) < 4.78 is 58.9. The number of aromatic nitrogens is 2. The molecule has 1 aromatic carbocycles. The molecule has 0 aliphatic carbocycles. The largest absolute Gasteiger partial charge is 0.447 e. The Morgan fingerprint density at radius 2 is 2.12 bits per heavy atom. The molecule has 12 heteroatoms. The van der Waals surface area contributed by atoms with Gasteiger partial charge in [0.05, 0.1) is 25.4 Å². The third kappa shape index (κ3) is 5.02. The second kappa shape index (κ2) is 9.35. The third-order valence-electron chi connectivity index (χ3n) is 5.69. The van der Waals surface area contributed by atoms with Gasteiger partial charge < -0.3 is 18.7 Å². The van der Waals surface area contributed by atoms with Gasteiger partial charge in [0.2, 0.25) is 5.82 Å². The number of hydrogen-bond donors (Lipinski definition) is 0. The first kappa shape index (κ1) is 23.6. The molecular weight excluding hydrogens is 457 g/mol. The van der Waals surface area contributed by atoms with Gasteiger partial charge in [-0.1, -0.05) is 5.16 Å². The number of carbonyl (C=O) groups is 1. The summed E-state index contributed by atoms with van der Waals surface area (Å²) in [4.78, 5) is 17.9. The Bertz CT molecular complexity index is 1120. The summed E-state index contributed by atoms with van der Waals surface area (Å²) in [6.45, 7) is 5.16. The molecule has 2 aromatic rings. The Morgan fingerprint density at radius 1 is 1.33 bits per heavy atom. The van der Waals surface area contributed by atoms with Crippen LogP contribution in [0.25, 0.3) is 11.4 Å². The van der Waals surface area contributed by atoms with E-state index in [0.29, 0.717) is 26.2 Å². The molecule has 10 nitrogen and oxygen atoms in total. The molecule has 2 aliphatic heterocycles. The highest BCUT2D eigenvalue weighted by Crippen LogP contribution is 2.39. The molecule has 0 saturated carbocycles. The minimum atomic E-state index is -3.67. The Balaban J connectivity index is 1.30. The molecule has 1 aromatic heterocycles. The van der Waals surface area contributed by atoms with E-state index >= 15 is 0 Å². The first-order chi connectivity index (χ1) is 15.6. The first-order valence-electron chi connectivity index (χ1n) is 10.6. The second-order valence-electron chi connectivity index (χ2n) is 8.45. The quantitative estimate of drug-likeness (QED) is 0.521. The number of ether oxygens (including phenoxy) is 3. The van der Waals surface area contributed by atoms with Crippen molar-refractivity contribution in [2.24, 2.45) is 5.92 Å². The zero-order valence-electron chi connectivity index (χ0n) is 18.6. The predicted molar refractivity (Wildman–Crippen MR) is 112 cm³/mol. The third-order valence-corrected chi connectivity index (χ3v) is 6.82. The van der Waals surface area contributed by atoms with Gasteiger partial charge in [0.1, 0.15) is 17.3 Å². The van der Waals surface area contributed by atoms with Crippen LogP contribution in [0, 0.1) is 11.7 Å². The summed E-state index contributed by atoms with van der Waals surface area (Å²) >= 11 is 0. The molecule has 33 heavy (non-hydrogen) atoms. The van der Waals surface area contributed by atoms with Crippen LogP contribution in [0.15, 0.2) is 27.6 Å². The van der Waals surface area contributed by atoms with E-state index in [1.165, 1.54) is 12.1 Å². The van der Waals surface area contributed by atoms with Crippen molar-refractivity contribution in [3.63, 3.8) is 0 Å². The summed E-state index contributed by atoms with van der Waals surface area (Å²) in [6, 6.07) is 3.66. The van der Waals surface area contributed by atoms with Gasteiger partial charge in [0.15, 0.2) is 9.84 Å². The van der Waals surface area contributed by atoms with Crippen LogP contribution in [0.2, 0.25) is 0 Å². The maximum Gasteiger partial charge on any atom is 0.410 e. The number of halogens is 1. The molecule has 4 rings (SSSR count). The van der Waals surface area contributed by atoms with E-state index in [4.69, 9.17) is 18.7 Å². The molecular formula is C21H26FN3O7S. The lowest BCUT2D eigenvalue weighted by Crippen LogP contribution is -2.65. The molecule has 3 heterocycles. The van der Waals surface area contributed by atoms with E-state index in [0.717, 1.165) is 12.3 Å². The van der Waals surface area contributed by atoms with E-state index in [2.05, 4.69) is 10.1 Å². The standard InChI is InChI=1S/C21H26FN3O7S/c1-12(2)31-21(26)25-16(14-9-30-10-17(14)25)6-7-29-11-19-23-20(24-32-19)13-4-5-18(15(22)8-13)33(3,27)28/h4-5,8,12,14,16-17H,6-7,9-11H2,1-3H3. The number of rotatable bonds is 8. The van der Waals surface area contributed by atoms with Gasteiger partial charge in [-0.3, -0.25) is 4.90 Å². The number of amides is 1. The molecule has 2 saturated heterocycles. The van der Waals surface area contributed by atoms with Crippen molar-refractivity contribution in [3.05, 3.63) is 29.9 Å². The van der Waals surface area contributed by atoms with Gasteiger partial charge in [-0.25, -0.2) is 17.6 Å². The first-order valence-corrected chi connectivity index (χ1v) is 12.5. The van der Waals surface area contributed by atoms with Gasteiger partial charge in [0.25, 0.3) is 5.89 Å². The van der Waals surface area contributed by atoms with Crippen molar-refractivity contribution in [1.82, 2.24) is 15.0 Å². The number of hydrogen-bond acceptors (Lipinski definition) is 9. The van der Waals surface area contributed by atoms with E-state index in [1.54, 1.807) is 4.90 Å². The molecule has 0 bridgehead atoms. The minimum absolute atomic E-state index is 0.0154. The van der Waals surface area contributed by atoms with Crippen molar-refractivity contribution in [1.29, 1.82) is 0 Å². The number of sulfone groups is 1. The van der Waals surface area contributed by atoms with E-state index in [1.807, 2.05) is 13.8 Å². The van der Waals surface area contributed by atoms with Crippen LogP contribution >= 0.6 is 0 Å². The predicted octanol–water partition coefficient (Wildman–Crippen LogP) is 2.43. The Hall–Kier alpha value is -2.57. The lowest BCUT2D eigenvalue weighted by atomic mass is 9.81. The average Bonchev–Trinajstić information content (AvgIpc) is 3.34. The fraction of sp³-hybridized carbons (Fsp3) is 0.571. The van der Waals surface area contributed by atoms with Crippen LogP contribution in [-0.2, 0) is 30.7 Å². The maximum absolute atomic E-state index is 14.1. The highest BCUT2D eigenvalue weighted by molar-refractivity contribution is 7.90. The van der Waals surface area contributed by atoms with Crippen LogP contribution in [0.1, 0.15) is 26.2 Å². The number of likely N-dealkylation sites (tertiary alicyclic amines) is 1. The lowest BCUT2D eigenvalue weighted by Gasteiger charge is -2.50. The molecule has 1 amide bonds. The van der Waals surface area contributed by atoms with E-state index in [9.17, 15) is 17.6 Å². The van der Waals surface area contributed by atoms with Crippen molar-refractivity contribution >= 4 is 15.9 Å². The van der Waals surface area contributed by atoms with E-state index in [-0.39, 0.29) is 54.1 Å². The van der Waals surface area contributed by atoms with Crippen molar-refractivity contribution in [2.75, 3.05) is 26.1 Å².